The van der Waals surface area contributed by atoms with Gasteiger partial charge in [-0.25, -0.2) is 18.4 Å². The van der Waals surface area contributed by atoms with Crippen molar-refractivity contribution in [2.75, 3.05) is 11.4 Å². The molecule has 1 heterocycles. The standard InChI is InChI=1S/C17H20F2N2O5/c1-8(22)14(20)12-7-21(16(24)25-12)9-5-10(18)13(11(19)6-9)15(23)26-17(2,3)4/h5-6,12,14H,7,20H2,1-4H3. The maximum Gasteiger partial charge on any atom is 0.414 e. The average Bonchev–Trinajstić information content (AvgIpc) is 2.85. The number of hydrogen-bond acceptors (Lipinski definition) is 6. The third kappa shape index (κ3) is 4.16. The molecule has 2 atom stereocenters. The van der Waals surface area contributed by atoms with Crippen molar-refractivity contribution in [1.82, 2.24) is 0 Å². The summed E-state index contributed by atoms with van der Waals surface area (Å²) in [5.41, 5.74) is 3.71. The highest BCUT2D eigenvalue weighted by molar-refractivity contribution is 5.94. The summed E-state index contributed by atoms with van der Waals surface area (Å²) in [5, 5.41) is 0. The second-order valence-electron chi connectivity index (χ2n) is 6.96. The minimum atomic E-state index is -1.18. The number of halogens is 2. The lowest BCUT2D eigenvalue weighted by Crippen LogP contribution is -2.43. The van der Waals surface area contributed by atoms with Crippen LogP contribution in [0.15, 0.2) is 12.1 Å². The number of ether oxygens (including phenoxy) is 2. The molecular weight excluding hydrogens is 350 g/mol. The second kappa shape index (κ2) is 6.99. The van der Waals surface area contributed by atoms with E-state index >= 15 is 0 Å². The molecule has 0 saturated carbocycles. The van der Waals surface area contributed by atoms with Gasteiger partial charge in [-0.05, 0) is 39.8 Å². The molecule has 1 amide bonds. The lowest BCUT2D eigenvalue weighted by molar-refractivity contribution is -0.120. The van der Waals surface area contributed by atoms with E-state index in [-0.39, 0.29) is 18.0 Å². The number of ketones is 1. The van der Waals surface area contributed by atoms with Crippen LogP contribution in [0.4, 0.5) is 19.3 Å². The van der Waals surface area contributed by atoms with Crippen LogP contribution in [0, 0.1) is 11.6 Å². The fourth-order valence-corrected chi connectivity index (χ4v) is 2.38. The molecule has 1 aliphatic heterocycles. The highest BCUT2D eigenvalue weighted by Crippen LogP contribution is 2.28. The number of carbonyl (C=O) groups excluding carboxylic acids is 3. The van der Waals surface area contributed by atoms with Crippen molar-refractivity contribution in [1.29, 1.82) is 0 Å². The molecule has 142 valence electrons. The van der Waals surface area contributed by atoms with Gasteiger partial charge >= 0.3 is 12.1 Å². The Hall–Kier alpha value is -2.55. The van der Waals surface area contributed by atoms with Gasteiger partial charge in [0.25, 0.3) is 0 Å². The first-order valence-electron chi connectivity index (χ1n) is 7.87. The van der Waals surface area contributed by atoms with Gasteiger partial charge in [-0.15, -0.1) is 0 Å². The minimum Gasteiger partial charge on any atom is -0.456 e. The van der Waals surface area contributed by atoms with E-state index in [1.807, 2.05) is 0 Å². The normalized spacial score (nSPS) is 18.5. The number of carbonyl (C=O) groups is 3. The number of anilines is 1. The molecule has 0 aromatic heterocycles. The number of hydrogen-bond donors (Lipinski definition) is 1. The number of nitrogens with two attached hydrogens (primary N) is 1. The highest BCUT2D eigenvalue weighted by atomic mass is 19.1. The quantitative estimate of drug-likeness (QED) is 0.816. The lowest BCUT2D eigenvalue weighted by atomic mass is 10.1. The Bertz CT molecular complexity index is 737. The molecule has 1 aromatic carbocycles. The Kier molecular flexibility index (Phi) is 5.31. The van der Waals surface area contributed by atoms with Crippen molar-refractivity contribution in [2.45, 2.75) is 45.4 Å². The van der Waals surface area contributed by atoms with Gasteiger partial charge in [0.05, 0.1) is 12.2 Å². The summed E-state index contributed by atoms with van der Waals surface area (Å²) in [4.78, 5) is 36.2. The number of nitrogens with zero attached hydrogens (tertiary/aromatic N) is 1. The molecule has 1 aromatic rings. The zero-order chi connectivity index (χ0) is 19.8. The van der Waals surface area contributed by atoms with Crippen LogP contribution in [0.2, 0.25) is 0 Å². The van der Waals surface area contributed by atoms with Crippen molar-refractivity contribution in [3.05, 3.63) is 29.3 Å². The van der Waals surface area contributed by atoms with Crippen LogP contribution in [-0.2, 0) is 14.3 Å². The van der Waals surface area contributed by atoms with E-state index < -0.39 is 47.0 Å². The molecule has 1 fully saturated rings. The molecule has 0 radical (unpaired) electrons. The average molecular weight is 370 g/mol. The topological polar surface area (TPSA) is 98.9 Å². The summed E-state index contributed by atoms with van der Waals surface area (Å²) in [6, 6.07) is 0.607. The molecule has 26 heavy (non-hydrogen) atoms. The summed E-state index contributed by atoms with van der Waals surface area (Å²) in [5.74, 6) is -3.90. The van der Waals surface area contributed by atoms with E-state index in [0.29, 0.717) is 0 Å². The van der Waals surface area contributed by atoms with Crippen LogP contribution in [0.1, 0.15) is 38.1 Å². The van der Waals surface area contributed by atoms with E-state index in [1.54, 1.807) is 20.8 Å². The molecule has 0 spiro atoms. The number of amides is 1. The monoisotopic (exact) mass is 370 g/mol. The van der Waals surface area contributed by atoms with Crippen LogP contribution >= 0.6 is 0 Å². The Balaban J connectivity index is 2.29. The molecule has 0 bridgehead atoms. The fraction of sp³-hybridized carbons (Fsp3) is 0.471. The predicted molar refractivity (Wildman–Crippen MR) is 87.8 cm³/mol. The number of Topliss-reactive ketones (excluding diaryl/α,β-unsaturated/α-hetero) is 1. The molecule has 1 aliphatic rings. The van der Waals surface area contributed by atoms with Gasteiger partial charge in [0.1, 0.15) is 40.7 Å². The molecule has 7 nitrogen and oxygen atoms in total. The fourth-order valence-electron chi connectivity index (χ4n) is 2.38. The van der Waals surface area contributed by atoms with Crippen LogP contribution < -0.4 is 10.6 Å². The maximum atomic E-state index is 14.3. The molecule has 2 unspecified atom stereocenters. The first-order valence-corrected chi connectivity index (χ1v) is 7.87. The van der Waals surface area contributed by atoms with E-state index in [9.17, 15) is 23.2 Å². The molecule has 0 aliphatic carbocycles. The van der Waals surface area contributed by atoms with Crippen LogP contribution in [0.25, 0.3) is 0 Å². The van der Waals surface area contributed by atoms with Gasteiger partial charge < -0.3 is 15.2 Å². The van der Waals surface area contributed by atoms with E-state index in [4.69, 9.17) is 15.2 Å². The van der Waals surface area contributed by atoms with E-state index in [0.717, 1.165) is 17.0 Å². The van der Waals surface area contributed by atoms with Crippen molar-refractivity contribution in [3.8, 4) is 0 Å². The third-order valence-electron chi connectivity index (χ3n) is 3.65. The van der Waals surface area contributed by atoms with Gasteiger partial charge in [0.15, 0.2) is 0 Å². The highest BCUT2D eigenvalue weighted by Gasteiger charge is 2.38. The number of benzene rings is 1. The second-order valence-corrected chi connectivity index (χ2v) is 6.96. The smallest absolute Gasteiger partial charge is 0.414 e. The predicted octanol–water partition coefficient (Wildman–Crippen LogP) is 2.16. The Morgan fingerprint density at radius 1 is 1.31 bits per heavy atom. The van der Waals surface area contributed by atoms with Gasteiger partial charge in [0, 0.05) is 0 Å². The number of esters is 1. The van der Waals surface area contributed by atoms with E-state index in [1.165, 1.54) is 6.92 Å². The summed E-state index contributed by atoms with van der Waals surface area (Å²) in [6.45, 7) is 5.79. The van der Waals surface area contributed by atoms with Gasteiger partial charge in [-0.3, -0.25) is 9.69 Å². The van der Waals surface area contributed by atoms with Crippen LogP contribution in [-0.4, -0.2) is 42.1 Å². The van der Waals surface area contributed by atoms with Crippen LogP contribution in [0.5, 0.6) is 0 Å². The summed E-state index contributed by atoms with van der Waals surface area (Å²) in [6.07, 6.45) is -1.83. The zero-order valence-electron chi connectivity index (χ0n) is 14.8. The summed E-state index contributed by atoms with van der Waals surface area (Å²) < 4.78 is 38.6. The van der Waals surface area contributed by atoms with Crippen molar-refractivity contribution in [3.63, 3.8) is 0 Å². The van der Waals surface area contributed by atoms with Gasteiger partial charge in [-0.1, -0.05) is 0 Å². The minimum absolute atomic E-state index is 0.149. The van der Waals surface area contributed by atoms with E-state index in [2.05, 4.69) is 0 Å². The first-order chi connectivity index (χ1) is 11.9. The Morgan fingerprint density at radius 2 is 1.85 bits per heavy atom. The lowest BCUT2D eigenvalue weighted by Gasteiger charge is -2.20. The first kappa shape index (κ1) is 19.8. The Labute approximate surface area is 149 Å². The maximum absolute atomic E-state index is 14.3. The third-order valence-corrected chi connectivity index (χ3v) is 3.65. The molecule has 2 N–H and O–H groups in total. The van der Waals surface area contributed by atoms with Crippen LogP contribution in [0.3, 0.4) is 0 Å². The number of cyclic esters (lactones) is 1. The molecule has 9 heteroatoms. The van der Waals surface area contributed by atoms with Gasteiger partial charge in [-0.2, -0.15) is 0 Å². The van der Waals surface area contributed by atoms with Crippen molar-refractivity contribution < 1.29 is 32.6 Å². The summed E-state index contributed by atoms with van der Waals surface area (Å²) in [7, 11) is 0. The zero-order valence-corrected chi connectivity index (χ0v) is 14.8. The van der Waals surface area contributed by atoms with Gasteiger partial charge in [0.2, 0.25) is 0 Å². The molecular formula is C17H20F2N2O5. The Morgan fingerprint density at radius 3 is 2.31 bits per heavy atom. The molecule has 1 saturated heterocycles. The van der Waals surface area contributed by atoms with Crippen molar-refractivity contribution in [2.24, 2.45) is 5.73 Å². The largest absolute Gasteiger partial charge is 0.456 e. The number of rotatable bonds is 4. The summed E-state index contributed by atoms with van der Waals surface area (Å²) >= 11 is 0. The SMILES string of the molecule is CC(=O)C(N)C1CN(c2cc(F)c(C(=O)OC(C)(C)C)c(F)c2)C(=O)O1. The molecule has 2 rings (SSSR count). The van der Waals surface area contributed by atoms with Crippen molar-refractivity contribution >= 4 is 23.5 Å².